The van der Waals surface area contributed by atoms with E-state index in [2.05, 4.69) is 188 Å². The molecule has 0 unspecified atom stereocenters. The first-order chi connectivity index (χ1) is 30.7. The van der Waals surface area contributed by atoms with Gasteiger partial charge >= 0.3 is 0 Å². The van der Waals surface area contributed by atoms with E-state index in [1.54, 1.807) is 0 Å². The highest BCUT2D eigenvalue weighted by Crippen LogP contribution is 2.46. The molecule has 0 spiro atoms. The molecule has 12 aromatic carbocycles. The fraction of sp³-hybridized carbons (Fsp3) is 0. The van der Waals surface area contributed by atoms with Gasteiger partial charge in [-0.05, 0) is 116 Å². The highest BCUT2D eigenvalue weighted by Gasteiger charge is 2.20. The van der Waals surface area contributed by atoms with E-state index in [-0.39, 0.29) is 0 Å². The zero-order valence-corrected chi connectivity index (χ0v) is 33.5. The summed E-state index contributed by atoms with van der Waals surface area (Å²) in [6.07, 6.45) is 0. The fourth-order valence-electron chi connectivity index (χ4n) is 10.1. The minimum Gasteiger partial charge on any atom is -0.208 e. The SMILES string of the molecule is c1ccc(-c2nc(-c3ccccc3-c3ccccc3)nc(-c3ccc(-c4cc5ccc6cccc7c8cccc9ccc%10cccc(c(c4)c5c67)c%10c98)c4ccccc34)n2)cc1. The van der Waals surface area contributed by atoms with Crippen molar-refractivity contribution in [2.24, 2.45) is 0 Å². The Balaban J connectivity index is 1.08. The predicted molar refractivity (Wildman–Crippen MR) is 261 cm³/mol. The van der Waals surface area contributed by atoms with Crippen LogP contribution in [0.5, 0.6) is 0 Å². The first kappa shape index (κ1) is 34.6. The van der Waals surface area contributed by atoms with Crippen molar-refractivity contribution < 1.29 is 0 Å². The molecule has 13 aromatic rings. The molecule has 13 rings (SSSR count). The Morgan fingerprint density at radius 2 is 0.645 bits per heavy atom. The molecule has 1 aromatic heterocycles. The molecule has 1 heterocycles. The predicted octanol–water partition coefficient (Wildman–Crippen LogP) is 15.7. The fourth-order valence-corrected chi connectivity index (χ4v) is 10.1. The van der Waals surface area contributed by atoms with Crippen LogP contribution in [0.2, 0.25) is 0 Å². The van der Waals surface area contributed by atoms with Crippen molar-refractivity contribution >= 4 is 75.4 Å². The maximum absolute atomic E-state index is 5.30. The third kappa shape index (κ3) is 5.28. The van der Waals surface area contributed by atoms with Crippen LogP contribution in [-0.4, -0.2) is 15.0 Å². The van der Waals surface area contributed by atoms with Crippen molar-refractivity contribution in [1.29, 1.82) is 0 Å². The highest BCUT2D eigenvalue weighted by molar-refractivity contribution is 6.37. The number of nitrogens with zero attached hydrogens (tertiary/aromatic N) is 3. The zero-order chi connectivity index (χ0) is 40.7. The first-order valence-corrected chi connectivity index (χ1v) is 21.2. The summed E-state index contributed by atoms with van der Waals surface area (Å²) in [4.78, 5) is 15.7. The molecular formula is C59H35N3. The minimum atomic E-state index is 0.637. The van der Waals surface area contributed by atoms with E-state index in [4.69, 9.17) is 15.0 Å². The van der Waals surface area contributed by atoms with E-state index in [9.17, 15) is 0 Å². The van der Waals surface area contributed by atoms with Crippen LogP contribution in [0.1, 0.15) is 0 Å². The van der Waals surface area contributed by atoms with Gasteiger partial charge in [0.05, 0.1) is 0 Å². The number of benzene rings is 11. The second kappa shape index (κ2) is 13.6. The molecule has 0 N–H and O–H groups in total. The molecule has 3 heteroatoms. The largest absolute Gasteiger partial charge is 0.208 e. The third-order valence-electron chi connectivity index (χ3n) is 12.8. The van der Waals surface area contributed by atoms with Gasteiger partial charge in [-0.1, -0.05) is 194 Å². The van der Waals surface area contributed by atoms with Gasteiger partial charge in [-0.2, -0.15) is 0 Å². The molecule has 0 aliphatic heterocycles. The Hall–Kier alpha value is -8.27. The second-order valence-electron chi connectivity index (χ2n) is 16.3. The van der Waals surface area contributed by atoms with E-state index >= 15 is 0 Å². The molecule has 0 fully saturated rings. The Labute approximate surface area is 357 Å². The number of aromatic nitrogens is 3. The lowest BCUT2D eigenvalue weighted by Gasteiger charge is -2.18. The summed E-state index contributed by atoms with van der Waals surface area (Å²) in [5.41, 5.74) is 7.38. The average Bonchev–Trinajstić information content (AvgIpc) is 3.35. The highest BCUT2D eigenvalue weighted by atomic mass is 15.0. The summed E-state index contributed by atoms with van der Waals surface area (Å²) in [7, 11) is 0. The maximum Gasteiger partial charge on any atom is 0.164 e. The van der Waals surface area contributed by atoms with Crippen LogP contribution in [0.3, 0.4) is 0 Å². The lowest BCUT2D eigenvalue weighted by Crippen LogP contribution is -2.01. The summed E-state index contributed by atoms with van der Waals surface area (Å²) in [5, 5.41) is 17.5. The van der Waals surface area contributed by atoms with Crippen LogP contribution in [0.4, 0.5) is 0 Å². The van der Waals surface area contributed by atoms with Crippen LogP contribution in [-0.2, 0) is 0 Å². The Bertz CT molecular complexity index is 3910. The summed E-state index contributed by atoms with van der Waals surface area (Å²) >= 11 is 0. The van der Waals surface area contributed by atoms with Gasteiger partial charge in [0.25, 0.3) is 0 Å². The normalized spacial score (nSPS) is 11.9. The number of hydrogen-bond acceptors (Lipinski definition) is 3. The zero-order valence-electron chi connectivity index (χ0n) is 33.5. The van der Waals surface area contributed by atoms with Crippen LogP contribution in [0.15, 0.2) is 212 Å². The van der Waals surface area contributed by atoms with Crippen LogP contribution in [0, 0.1) is 0 Å². The first-order valence-electron chi connectivity index (χ1n) is 21.2. The molecular weight excluding hydrogens is 751 g/mol. The third-order valence-corrected chi connectivity index (χ3v) is 12.8. The second-order valence-corrected chi connectivity index (χ2v) is 16.3. The molecule has 0 saturated heterocycles. The lowest BCUT2D eigenvalue weighted by atomic mass is 9.86. The van der Waals surface area contributed by atoms with Gasteiger partial charge < -0.3 is 0 Å². The lowest BCUT2D eigenvalue weighted by molar-refractivity contribution is 1.08. The van der Waals surface area contributed by atoms with Crippen molar-refractivity contribution in [3.8, 4) is 56.4 Å². The van der Waals surface area contributed by atoms with E-state index in [1.807, 2.05) is 24.3 Å². The summed E-state index contributed by atoms with van der Waals surface area (Å²) < 4.78 is 0. The quantitative estimate of drug-likeness (QED) is 0.163. The molecule has 0 radical (unpaired) electrons. The summed E-state index contributed by atoms with van der Waals surface area (Å²) in [5.74, 6) is 1.91. The monoisotopic (exact) mass is 785 g/mol. The van der Waals surface area contributed by atoms with Crippen LogP contribution >= 0.6 is 0 Å². The number of fused-ring (bicyclic) bond motifs is 3. The van der Waals surface area contributed by atoms with E-state index in [1.165, 1.54) is 70.2 Å². The molecule has 0 saturated carbocycles. The molecule has 0 amide bonds. The number of hydrogen-bond donors (Lipinski definition) is 0. The molecule has 0 aliphatic rings. The molecule has 62 heavy (non-hydrogen) atoms. The minimum absolute atomic E-state index is 0.637. The Morgan fingerprint density at radius 1 is 0.210 bits per heavy atom. The van der Waals surface area contributed by atoms with Gasteiger partial charge in [-0.25, -0.2) is 15.0 Å². The van der Waals surface area contributed by atoms with Gasteiger partial charge in [0.15, 0.2) is 17.5 Å². The molecule has 0 atom stereocenters. The Morgan fingerprint density at radius 3 is 1.27 bits per heavy atom. The van der Waals surface area contributed by atoms with Crippen LogP contribution in [0.25, 0.3) is 132 Å². The average molecular weight is 786 g/mol. The van der Waals surface area contributed by atoms with Crippen LogP contribution < -0.4 is 0 Å². The molecule has 3 nitrogen and oxygen atoms in total. The maximum atomic E-state index is 5.30. The van der Waals surface area contributed by atoms with E-state index < -0.39 is 0 Å². The van der Waals surface area contributed by atoms with Crippen molar-refractivity contribution in [1.82, 2.24) is 15.0 Å². The van der Waals surface area contributed by atoms with Crippen molar-refractivity contribution in [2.45, 2.75) is 0 Å². The van der Waals surface area contributed by atoms with Crippen molar-refractivity contribution in [3.63, 3.8) is 0 Å². The molecule has 286 valence electrons. The standard InChI is InChI=1S/C59H35N3/c1-3-14-36(15-4-1)43-21-7-10-24-50(43)58-60-57(40-16-5-2-6-17-40)61-59(62-58)51-33-32-44(45-22-8-9-23-46(45)51)42-34-41-31-30-39-19-12-26-48-47-25-11-18-37-28-29-38-20-13-27-49(55(38)53(37)47)52(35-42)56(41)54(39)48/h1-35H. The van der Waals surface area contributed by atoms with Gasteiger partial charge in [0.2, 0.25) is 0 Å². The summed E-state index contributed by atoms with van der Waals surface area (Å²) in [6, 6.07) is 76.5. The van der Waals surface area contributed by atoms with Gasteiger partial charge in [-0.15, -0.1) is 0 Å². The molecule has 0 bridgehead atoms. The van der Waals surface area contributed by atoms with Gasteiger partial charge in [0, 0.05) is 16.7 Å². The number of rotatable bonds is 5. The Kier molecular flexibility index (Phi) is 7.60. The van der Waals surface area contributed by atoms with Crippen molar-refractivity contribution in [2.75, 3.05) is 0 Å². The van der Waals surface area contributed by atoms with Gasteiger partial charge in [0.1, 0.15) is 0 Å². The van der Waals surface area contributed by atoms with E-state index in [0.717, 1.165) is 44.2 Å². The summed E-state index contributed by atoms with van der Waals surface area (Å²) in [6.45, 7) is 0. The van der Waals surface area contributed by atoms with Gasteiger partial charge in [-0.3, -0.25) is 0 Å². The topological polar surface area (TPSA) is 38.7 Å². The molecule has 0 aliphatic carbocycles. The van der Waals surface area contributed by atoms with E-state index in [0.29, 0.717) is 17.5 Å². The van der Waals surface area contributed by atoms with Crippen molar-refractivity contribution in [3.05, 3.63) is 212 Å². The smallest absolute Gasteiger partial charge is 0.164 e.